The molecule has 2 heteroatoms. The van der Waals surface area contributed by atoms with Crippen molar-refractivity contribution < 1.29 is 0 Å². The van der Waals surface area contributed by atoms with Gasteiger partial charge in [0, 0.05) is 9.61 Å². The highest BCUT2D eigenvalue weighted by Gasteiger charge is 2.49. The maximum Gasteiger partial charge on any atom is 0.0138 e. The standard InChI is InChI=1S/C14H20IN/c1-14(2)9-12(14)13(16-3)8-10-4-6-11(15)7-5-10/h4-7,12-13,16H,8-9H2,1-3H3. The second-order valence-corrected chi connectivity index (χ2v) is 6.77. The van der Waals surface area contributed by atoms with Crippen molar-refractivity contribution in [1.29, 1.82) is 0 Å². The molecule has 1 aromatic rings. The molecule has 1 N–H and O–H groups in total. The van der Waals surface area contributed by atoms with E-state index in [0.29, 0.717) is 11.5 Å². The van der Waals surface area contributed by atoms with Crippen LogP contribution >= 0.6 is 22.6 Å². The lowest BCUT2D eigenvalue weighted by Crippen LogP contribution is -2.31. The lowest BCUT2D eigenvalue weighted by Gasteiger charge is -2.18. The fourth-order valence-corrected chi connectivity index (χ4v) is 2.87. The van der Waals surface area contributed by atoms with E-state index >= 15 is 0 Å². The number of hydrogen-bond donors (Lipinski definition) is 1. The normalized spacial score (nSPS) is 24.1. The fraction of sp³-hybridized carbons (Fsp3) is 0.571. The molecule has 0 heterocycles. The van der Waals surface area contributed by atoms with Crippen LogP contribution < -0.4 is 5.32 Å². The Hall–Kier alpha value is -0.0900. The summed E-state index contributed by atoms with van der Waals surface area (Å²) in [6.45, 7) is 4.74. The van der Waals surface area contributed by atoms with Crippen LogP contribution in [0.5, 0.6) is 0 Å². The molecule has 1 aliphatic rings. The van der Waals surface area contributed by atoms with Gasteiger partial charge in [0.05, 0.1) is 0 Å². The largest absolute Gasteiger partial charge is 0.316 e. The van der Waals surface area contributed by atoms with Crippen LogP contribution in [-0.2, 0) is 6.42 Å². The van der Waals surface area contributed by atoms with Crippen LogP contribution in [0.3, 0.4) is 0 Å². The molecule has 88 valence electrons. The first-order chi connectivity index (χ1) is 7.53. The molecule has 2 atom stereocenters. The van der Waals surface area contributed by atoms with Gasteiger partial charge in [-0.15, -0.1) is 0 Å². The first-order valence-corrected chi connectivity index (χ1v) is 7.02. The summed E-state index contributed by atoms with van der Waals surface area (Å²) in [5, 5.41) is 3.48. The third-order valence-corrected chi connectivity index (χ3v) is 4.53. The molecule has 0 bridgehead atoms. The van der Waals surface area contributed by atoms with Gasteiger partial charge in [0.2, 0.25) is 0 Å². The summed E-state index contributed by atoms with van der Waals surface area (Å²) in [5.41, 5.74) is 2.00. The highest BCUT2D eigenvalue weighted by molar-refractivity contribution is 14.1. The zero-order chi connectivity index (χ0) is 11.8. The molecule has 1 nitrogen and oxygen atoms in total. The Morgan fingerprint density at radius 3 is 2.38 bits per heavy atom. The predicted octanol–water partition coefficient (Wildman–Crippen LogP) is 3.47. The number of halogens is 1. The summed E-state index contributed by atoms with van der Waals surface area (Å²) in [5.74, 6) is 0.844. The first kappa shape index (κ1) is 12.4. The number of benzene rings is 1. The van der Waals surface area contributed by atoms with E-state index in [2.05, 4.69) is 73.1 Å². The molecule has 16 heavy (non-hydrogen) atoms. The van der Waals surface area contributed by atoms with E-state index in [1.54, 1.807) is 0 Å². The molecule has 2 unspecified atom stereocenters. The molecule has 1 fully saturated rings. The minimum atomic E-state index is 0.552. The highest BCUT2D eigenvalue weighted by Crippen LogP contribution is 2.53. The monoisotopic (exact) mass is 329 g/mol. The molecule has 0 aliphatic heterocycles. The van der Waals surface area contributed by atoms with Crippen LogP contribution in [0.15, 0.2) is 24.3 Å². The Kier molecular flexibility index (Phi) is 3.59. The van der Waals surface area contributed by atoms with Gasteiger partial charge in [-0.3, -0.25) is 0 Å². The number of nitrogens with one attached hydrogen (secondary N) is 1. The molecule has 1 aromatic carbocycles. The van der Waals surface area contributed by atoms with Crippen LogP contribution in [0.2, 0.25) is 0 Å². The molecule has 1 saturated carbocycles. The van der Waals surface area contributed by atoms with Crippen molar-refractivity contribution in [3.8, 4) is 0 Å². The average Bonchev–Trinajstić information content (AvgIpc) is 2.87. The zero-order valence-electron chi connectivity index (χ0n) is 10.3. The second kappa shape index (κ2) is 4.65. The van der Waals surface area contributed by atoms with Gasteiger partial charge in [-0.25, -0.2) is 0 Å². The molecule has 0 amide bonds. The van der Waals surface area contributed by atoms with E-state index in [-0.39, 0.29) is 0 Å². The van der Waals surface area contributed by atoms with Crippen molar-refractivity contribution in [2.45, 2.75) is 32.7 Å². The van der Waals surface area contributed by atoms with E-state index in [1.807, 2.05) is 0 Å². The fourth-order valence-electron chi connectivity index (χ4n) is 2.51. The van der Waals surface area contributed by atoms with Gasteiger partial charge in [-0.1, -0.05) is 26.0 Å². The SMILES string of the molecule is CNC(Cc1ccc(I)cc1)C1CC1(C)C. The van der Waals surface area contributed by atoms with E-state index < -0.39 is 0 Å². The molecule has 1 aliphatic carbocycles. The predicted molar refractivity (Wildman–Crippen MR) is 77.6 cm³/mol. The van der Waals surface area contributed by atoms with Crippen LogP contribution in [0.4, 0.5) is 0 Å². The third kappa shape index (κ3) is 2.77. The Morgan fingerprint density at radius 1 is 1.38 bits per heavy atom. The van der Waals surface area contributed by atoms with Crippen molar-refractivity contribution in [3.05, 3.63) is 33.4 Å². The van der Waals surface area contributed by atoms with Gasteiger partial charge >= 0.3 is 0 Å². The van der Waals surface area contributed by atoms with Gasteiger partial charge in [0.15, 0.2) is 0 Å². The molecular formula is C14H20IN. The van der Waals surface area contributed by atoms with Gasteiger partial charge in [0.1, 0.15) is 0 Å². The average molecular weight is 329 g/mol. The van der Waals surface area contributed by atoms with Crippen molar-refractivity contribution in [2.75, 3.05) is 7.05 Å². The number of hydrogen-bond acceptors (Lipinski definition) is 1. The minimum Gasteiger partial charge on any atom is -0.316 e. The van der Waals surface area contributed by atoms with Gasteiger partial charge < -0.3 is 5.32 Å². The third-order valence-electron chi connectivity index (χ3n) is 3.82. The quantitative estimate of drug-likeness (QED) is 0.834. The Labute approximate surface area is 112 Å². The van der Waals surface area contributed by atoms with Crippen molar-refractivity contribution in [3.63, 3.8) is 0 Å². The van der Waals surface area contributed by atoms with E-state index in [9.17, 15) is 0 Å². The lowest BCUT2D eigenvalue weighted by molar-refractivity contribution is 0.426. The summed E-state index contributed by atoms with van der Waals surface area (Å²) in [4.78, 5) is 0. The van der Waals surface area contributed by atoms with Crippen molar-refractivity contribution in [1.82, 2.24) is 5.32 Å². The van der Waals surface area contributed by atoms with Crippen LogP contribution in [0.1, 0.15) is 25.8 Å². The van der Waals surface area contributed by atoms with E-state index in [0.717, 1.165) is 12.3 Å². The Balaban J connectivity index is 2.00. The van der Waals surface area contributed by atoms with E-state index in [1.165, 1.54) is 15.6 Å². The van der Waals surface area contributed by atoms with Crippen molar-refractivity contribution >= 4 is 22.6 Å². The number of likely N-dealkylation sites (N-methyl/N-ethyl adjacent to an activating group) is 1. The Bertz CT molecular complexity index is 356. The van der Waals surface area contributed by atoms with E-state index in [4.69, 9.17) is 0 Å². The van der Waals surface area contributed by atoms with Crippen LogP contribution in [0.25, 0.3) is 0 Å². The summed E-state index contributed by atoms with van der Waals surface area (Å²) >= 11 is 2.36. The summed E-state index contributed by atoms with van der Waals surface area (Å²) in [6, 6.07) is 9.53. The lowest BCUT2D eigenvalue weighted by atomic mass is 9.97. The smallest absolute Gasteiger partial charge is 0.0138 e. The first-order valence-electron chi connectivity index (χ1n) is 5.94. The van der Waals surface area contributed by atoms with Crippen LogP contribution in [-0.4, -0.2) is 13.1 Å². The molecule has 0 spiro atoms. The van der Waals surface area contributed by atoms with Gasteiger partial charge in [-0.05, 0) is 71.5 Å². The maximum absolute atomic E-state index is 3.48. The van der Waals surface area contributed by atoms with Crippen molar-refractivity contribution in [2.24, 2.45) is 11.3 Å². The van der Waals surface area contributed by atoms with Gasteiger partial charge in [-0.2, -0.15) is 0 Å². The summed E-state index contributed by atoms with van der Waals surface area (Å²) in [7, 11) is 2.09. The number of rotatable bonds is 4. The second-order valence-electron chi connectivity index (χ2n) is 5.52. The summed E-state index contributed by atoms with van der Waals surface area (Å²) < 4.78 is 1.31. The summed E-state index contributed by atoms with van der Waals surface area (Å²) in [6.07, 6.45) is 2.52. The topological polar surface area (TPSA) is 12.0 Å². The van der Waals surface area contributed by atoms with Crippen LogP contribution in [0, 0.1) is 14.9 Å². The molecule has 2 rings (SSSR count). The molecule has 0 saturated heterocycles. The maximum atomic E-state index is 3.48. The molecule has 0 aromatic heterocycles. The highest BCUT2D eigenvalue weighted by atomic mass is 127. The Morgan fingerprint density at radius 2 is 1.94 bits per heavy atom. The van der Waals surface area contributed by atoms with Gasteiger partial charge in [0.25, 0.3) is 0 Å². The molecular weight excluding hydrogens is 309 g/mol. The zero-order valence-corrected chi connectivity index (χ0v) is 12.4. The minimum absolute atomic E-state index is 0.552. The molecule has 0 radical (unpaired) electrons.